The number of carbonyl (C=O) groups is 1. The van der Waals surface area contributed by atoms with Crippen LogP contribution in [-0.2, 0) is 24.1 Å². The van der Waals surface area contributed by atoms with Crippen LogP contribution in [0.2, 0.25) is 0 Å². The number of fused-ring (bicyclic) bond motifs is 1. The number of halogens is 4. The molecule has 3 nitrogen and oxygen atoms in total. The molecule has 0 bridgehead atoms. The first-order chi connectivity index (χ1) is 11.3. The lowest BCUT2D eigenvalue weighted by Crippen LogP contribution is -2.31. The van der Waals surface area contributed by atoms with Crippen molar-refractivity contribution in [2.75, 3.05) is 6.61 Å². The van der Waals surface area contributed by atoms with Crippen LogP contribution in [-0.4, -0.2) is 17.4 Å². The van der Waals surface area contributed by atoms with Crippen LogP contribution in [0, 0.1) is 0 Å². The minimum Gasteiger partial charge on any atom is -0.483 e. The SMILES string of the molecule is O=C1COc2ccc(Br)cc2CN1Cc1ccc(C(F)(F)F)cc1. The summed E-state index contributed by atoms with van der Waals surface area (Å²) in [6, 6.07) is 10.3. The predicted octanol–water partition coefficient (Wildman–Crippen LogP) is 4.39. The number of alkyl halides is 3. The highest BCUT2D eigenvalue weighted by molar-refractivity contribution is 9.10. The Kier molecular flexibility index (Phi) is 4.54. The van der Waals surface area contributed by atoms with Gasteiger partial charge in [0.15, 0.2) is 6.61 Å². The summed E-state index contributed by atoms with van der Waals surface area (Å²) in [7, 11) is 0. The summed E-state index contributed by atoms with van der Waals surface area (Å²) in [6.07, 6.45) is -4.37. The zero-order chi connectivity index (χ0) is 17.3. The van der Waals surface area contributed by atoms with Crippen molar-refractivity contribution in [3.63, 3.8) is 0 Å². The molecule has 126 valence electrons. The van der Waals surface area contributed by atoms with Crippen molar-refractivity contribution in [3.05, 3.63) is 63.6 Å². The van der Waals surface area contributed by atoms with E-state index in [1.165, 1.54) is 12.1 Å². The molecule has 24 heavy (non-hydrogen) atoms. The van der Waals surface area contributed by atoms with Gasteiger partial charge >= 0.3 is 6.18 Å². The van der Waals surface area contributed by atoms with E-state index in [0.717, 1.165) is 22.2 Å². The maximum atomic E-state index is 12.6. The molecular weight excluding hydrogens is 387 g/mol. The number of benzene rings is 2. The second kappa shape index (κ2) is 6.47. The standard InChI is InChI=1S/C17H13BrF3NO2/c18-14-5-6-15-12(7-14)9-22(16(23)10-24-15)8-11-1-3-13(4-2-11)17(19,20)21/h1-7H,8-10H2. The molecule has 1 aliphatic heterocycles. The van der Waals surface area contributed by atoms with Gasteiger partial charge in [0.05, 0.1) is 5.56 Å². The van der Waals surface area contributed by atoms with Crippen molar-refractivity contribution >= 4 is 21.8 Å². The van der Waals surface area contributed by atoms with E-state index in [1.54, 1.807) is 11.0 Å². The topological polar surface area (TPSA) is 29.5 Å². The second-order valence-corrected chi connectivity index (χ2v) is 6.40. The van der Waals surface area contributed by atoms with Gasteiger partial charge in [0.1, 0.15) is 5.75 Å². The van der Waals surface area contributed by atoms with E-state index in [0.29, 0.717) is 17.9 Å². The number of hydrogen-bond acceptors (Lipinski definition) is 2. The molecule has 3 rings (SSSR count). The van der Waals surface area contributed by atoms with Crippen molar-refractivity contribution in [1.82, 2.24) is 4.90 Å². The molecule has 1 amide bonds. The van der Waals surface area contributed by atoms with Gasteiger partial charge < -0.3 is 9.64 Å². The molecule has 2 aromatic rings. The summed E-state index contributed by atoms with van der Waals surface area (Å²) in [4.78, 5) is 13.8. The molecule has 0 saturated carbocycles. The fraction of sp³-hybridized carbons (Fsp3) is 0.235. The molecule has 1 heterocycles. The Bertz CT molecular complexity index is 759. The lowest BCUT2D eigenvalue weighted by Gasteiger charge is -2.20. The van der Waals surface area contributed by atoms with Crippen LogP contribution < -0.4 is 4.74 Å². The Morgan fingerprint density at radius 3 is 2.50 bits per heavy atom. The van der Waals surface area contributed by atoms with Gasteiger partial charge in [0, 0.05) is 23.1 Å². The van der Waals surface area contributed by atoms with Crippen LogP contribution >= 0.6 is 15.9 Å². The maximum absolute atomic E-state index is 12.6. The molecule has 0 aliphatic carbocycles. The molecular formula is C17H13BrF3NO2. The molecule has 0 aromatic heterocycles. The molecule has 0 spiro atoms. The Morgan fingerprint density at radius 1 is 1.12 bits per heavy atom. The first kappa shape index (κ1) is 16.8. The zero-order valence-corrected chi connectivity index (χ0v) is 14.0. The van der Waals surface area contributed by atoms with Crippen molar-refractivity contribution in [2.45, 2.75) is 19.3 Å². The van der Waals surface area contributed by atoms with Gasteiger partial charge in [0.25, 0.3) is 5.91 Å². The molecule has 0 atom stereocenters. The monoisotopic (exact) mass is 399 g/mol. The number of amides is 1. The fourth-order valence-electron chi connectivity index (χ4n) is 2.50. The molecule has 1 aliphatic rings. The van der Waals surface area contributed by atoms with Gasteiger partial charge in [0.2, 0.25) is 0 Å². The van der Waals surface area contributed by atoms with E-state index >= 15 is 0 Å². The fourth-order valence-corrected chi connectivity index (χ4v) is 2.91. The van der Waals surface area contributed by atoms with Gasteiger partial charge in [-0.1, -0.05) is 28.1 Å². The van der Waals surface area contributed by atoms with Crippen molar-refractivity contribution in [3.8, 4) is 5.75 Å². The summed E-state index contributed by atoms with van der Waals surface area (Å²) in [6.45, 7) is 0.482. The predicted molar refractivity (Wildman–Crippen MR) is 85.3 cm³/mol. The largest absolute Gasteiger partial charge is 0.483 e. The number of rotatable bonds is 2. The third kappa shape index (κ3) is 3.72. The van der Waals surface area contributed by atoms with Crippen LogP contribution in [0.1, 0.15) is 16.7 Å². The minimum absolute atomic E-state index is 0.0880. The van der Waals surface area contributed by atoms with Crippen LogP contribution in [0.25, 0.3) is 0 Å². The van der Waals surface area contributed by atoms with E-state index in [-0.39, 0.29) is 19.1 Å². The molecule has 0 saturated heterocycles. The van der Waals surface area contributed by atoms with Gasteiger partial charge in [-0.3, -0.25) is 4.79 Å². The first-order valence-electron chi connectivity index (χ1n) is 7.18. The minimum atomic E-state index is -4.37. The normalized spacial score (nSPS) is 14.8. The summed E-state index contributed by atoms with van der Waals surface area (Å²) in [5, 5.41) is 0. The van der Waals surface area contributed by atoms with Crippen LogP contribution in [0.4, 0.5) is 13.2 Å². The van der Waals surface area contributed by atoms with Gasteiger partial charge in [-0.25, -0.2) is 0 Å². The third-order valence-corrected chi connectivity index (χ3v) is 4.24. The molecule has 0 radical (unpaired) electrons. The Morgan fingerprint density at radius 2 is 1.83 bits per heavy atom. The summed E-state index contributed by atoms with van der Waals surface area (Å²) in [5.41, 5.74) is 0.781. The van der Waals surface area contributed by atoms with E-state index in [1.807, 2.05) is 12.1 Å². The van der Waals surface area contributed by atoms with Crippen molar-refractivity contribution < 1.29 is 22.7 Å². The molecule has 0 N–H and O–H groups in total. The summed E-state index contributed by atoms with van der Waals surface area (Å²) >= 11 is 3.38. The molecule has 0 unspecified atom stereocenters. The molecule has 7 heteroatoms. The summed E-state index contributed by atoms with van der Waals surface area (Å²) in [5.74, 6) is 0.434. The highest BCUT2D eigenvalue weighted by Crippen LogP contribution is 2.30. The van der Waals surface area contributed by atoms with Gasteiger partial charge in [-0.15, -0.1) is 0 Å². The van der Waals surface area contributed by atoms with Crippen molar-refractivity contribution in [2.24, 2.45) is 0 Å². The third-order valence-electron chi connectivity index (χ3n) is 3.74. The number of ether oxygens (including phenoxy) is 1. The Labute approximate surface area is 145 Å². The van der Waals surface area contributed by atoms with Crippen LogP contribution in [0.5, 0.6) is 5.75 Å². The Balaban J connectivity index is 1.79. The number of carbonyl (C=O) groups excluding carboxylic acids is 1. The van der Waals surface area contributed by atoms with E-state index in [9.17, 15) is 18.0 Å². The molecule has 2 aromatic carbocycles. The summed E-state index contributed by atoms with van der Waals surface area (Å²) < 4.78 is 44.2. The lowest BCUT2D eigenvalue weighted by atomic mass is 10.1. The second-order valence-electron chi connectivity index (χ2n) is 5.49. The number of nitrogens with zero attached hydrogens (tertiary/aromatic N) is 1. The first-order valence-corrected chi connectivity index (χ1v) is 7.97. The zero-order valence-electron chi connectivity index (χ0n) is 12.4. The molecule has 0 fully saturated rings. The highest BCUT2D eigenvalue weighted by Gasteiger charge is 2.30. The van der Waals surface area contributed by atoms with Crippen molar-refractivity contribution in [1.29, 1.82) is 0 Å². The highest BCUT2D eigenvalue weighted by atomic mass is 79.9. The Hall–Kier alpha value is -2.02. The maximum Gasteiger partial charge on any atom is 0.416 e. The van der Waals surface area contributed by atoms with E-state index in [2.05, 4.69) is 15.9 Å². The lowest BCUT2D eigenvalue weighted by molar-refractivity contribution is -0.137. The van der Waals surface area contributed by atoms with E-state index < -0.39 is 11.7 Å². The number of hydrogen-bond donors (Lipinski definition) is 0. The average molecular weight is 400 g/mol. The van der Waals surface area contributed by atoms with Crippen LogP contribution in [0.3, 0.4) is 0 Å². The van der Waals surface area contributed by atoms with Gasteiger partial charge in [-0.2, -0.15) is 13.2 Å². The van der Waals surface area contributed by atoms with Gasteiger partial charge in [-0.05, 0) is 35.9 Å². The van der Waals surface area contributed by atoms with E-state index in [4.69, 9.17) is 4.74 Å². The average Bonchev–Trinajstić information content (AvgIpc) is 2.66. The quantitative estimate of drug-likeness (QED) is 0.749. The van der Waals surface area contributed by atoms with Crippen LogP contribution in [0.15, 0.2) is 46.9 Å². The smallest absolute Gasteiger partial charge is 0.416 e.